The Labute approximate surface area is 302 Å². The van der Waals surface area contributed by atoms with Crippen molar-refractivity contribution in [1.29, 1.82) is 0 Å². The van der Waals surface area contributed by atoms with Crippen molar-refractivity contribution in [2.45, 2.75) is 56.7 Å². The van der Waals surface area contributed by atoms with Gasteiger partial charge in [0.15, 0.2) is 5.60 Å². The lowest BCUT2D eigenvalue weighted by atomic mass is 9.82. The molecule has 4 aromatic carbocycles. The monoisotopic (exact) mass is 718 g/mol. The average molecular weight is 719 g/mol. The summed E-state index contributed by atoms with van der Waals surface area (Å²) >= 11 is 0. The maximum Gasteiger partial charge on any atom is 0.269 e. The van der Waals surface area contributed by atoms with E-state index >= 15 is 0 Å². The van der Waals surface area contributed by atoms with Crippen molar-refractivity contribution >= 4 is 53.0 Å². The fourth-order valence-electron chi connectivity index (χ4n) is 8.56. The molecule has 3 N–H and O–H groups in total. The minimum atomic E-state index is -2.42. The van der Waals surface area contributed by atoms with Crippen LogP contribution in [0.4, 0.5) is 17.1 Å². The number of methoxy groups -OCH3 is 1. The number of benzene rings is 4. The Morgan fingerprint density at radius 1 is 1.08 bits per heavy atom. The summed E-state index contributed by atoms with van der Waals surface area (Å²) in [5.41, 5.74) is 2.49. The third-order valence-corrected chi connectivity index (χ3v) is 15.4. The third-order valence-electron chi connectivity index (χ3n) is 11.0. The molecule has 2 aliphatic heterocycles. The molecule has 1 saturated heterocycles. The molecule has 2 amide bonds. The second-order valence-corrected chi connectivity index (χ2v) is 19.0. The Morgan fingerprint density at radius 3 is 2.58 bits per heavy atom. The second-order valence-electron chi connectivity index (χ2n) is 14.3. The molecular weight excluding hydrogens is 677 g/mol. The van der Waals surface area contributed by atoms with Crippen LogP contribution < -0.4 is 20.1 Å². The van der Waals surface area contributed by atoms with E-state index in [4.69, 9.17) is 9.47 Å². The Morgan fingerprint density at radius 2 is 1.85 bits per heavy atom. The van der Waals surface area contributed by atoms with Gasteiger partial charge >= 0.3 is 0 Å². The van der Waals surface area contributed by atoms with Crippen LogP contribution in [0.15, 0.2) is 97.2 Å². The summed E-state index contributed by atoms with van der Waals surface area (Å²) in [4.78, 5) is 44.5. The maximum atomic E-state index is 15.0. The quantitative estimate of drug-likeness (QED) is 0.0813. The van der Waals surface area contributed by atoms with Gasteiger partial charge in [-0.25, -0.2) is 0 Å². The lowest BCUT2D eigenvalue weighted by molar-refractivity contribution is -0.385. The van der Waals surface area contributed by atoms with E-state index in [0.717, 1.165) is 33.0 Å². The van der Waals surface area contributed by atoms with E-state index in [9.17, 15) is 24.8 Å². The van der Waals surface area contributed by atoms with Gasteiger partial charge in [-0.3, -0.25) is 19.7 Å². The number of carbonyl (C=O) groups is 2. The van der Waals surface area contributed by atoms with Crippen molar-refractivity contribution in [3.05, 3.63) is 124 Å². The van der Waals surface area contributed by atoms with E-state index in [-0.39, 0.29) is 48.5 Å². The number of carbonyl (C=O) groups excluding carboxylic acids is 2. The molecule has 12 heteroatoms. The smallest absolute Gasteiger partial charge is 0.269 e. The molecule has 1 spiro atoms. The molecule has 5 aromatic rings. The summed E-state index contributed by atoms with van der Waals surface area (Å²) < 4.78 is 12.3. The number of nitrogens with zero attached hydrogens (tertiary/aromatic N) is 2. The molecule has 1 aromatic heterocycles. The summed E-state index contributed by atoms with van der Waals surface area (Å²) in [5.74, 6) is -0.0996. The molecule has 0 aliphatic carbocycles. The van der Waals surface area contributed by atoms with Crippen LogP contribution in [0.2, 0.25) is 18.6 Å². The van der Waals surface area contributed by atoms with Crippen molar-refractivity contribution in [2.75, 3.05) is 23.9 Å². The molecule has 1 fully saturated rings. The van der Waals surface area contributed by atoms with E-state index in [0.29, 0.717) is 23.4 Å². The molecule has 4 atom stereocenters. The molecule has 0 unspecified atom stereocenters. The molecule has 7 rings (SSSR count). The number of aliphatic hydroxyl groups is 1. The van der Waals surface area contributed by atoms with Gasteiger partial charge in [-0.15, -0.1) is 0 Å². The Hall–Kier alpha value is -5.30. The number of nitro groups is 1. The normalized spacial score (nSPS) is 21.1. The van der Waals surface area contributed by atoms with Gasteiger partial charge in [0.1, 0.15) is 5.75 Å². The summed E-state index contributed by atoms with van der Waals surface area (Å²) in [6, 6.07) is 27.7. The van der Waals surface area contributed by atoms with E-state index in [2.05, 4.69) is 35.5 Å². The van der Waals surface area contributed by atoms with Crippen LogP contribution in [0.3, 0.4) is 0 Å². The number of ether oxygens (including phenoxy) is 2. The van der Waals surface area contributed by atoms with Gasteiger partial charge in [-0.05, 0) is 59.5 Å². The summed E-state index contributed by atoms with van der Waals surface area (Å²) in [6.07, 6.45) is 1.89. The van der Waals surface area contributed by atoms with Gasteiger partial charge in [0.25, 0.3) is 11.6 Å². The molecule has 0 radical (unpaired) electrons. The van der Waals surface area contributed by atoms with Gasteiger partial charge in [0.2, 0.25) is 5.91 Å². The minimum Gasteiger partial charge on any atom is -0.497 e. The van der Waals surface area contributed by atoms with E-state index < -0.39 is 24.7 Å². The molecule has 11 nitrogen and oxygen atoms in total. The number of non-ortho nitro benzene ring substituents is 1. The molecular formula is C40H42N4O7Si. The van der Waals surface area contributed by atoms with Gasteiger partial charge < -0.3 is 29.8 Å². The van der Waals surface area contributed by atoms with Gasteiger partial charge in [0, 0.05) is 53.0 Å². The first kappa shape index (κ1) is 35.1. The highest BCUT2D eigenvalue weighted by Crippen LogP contribution is 2.60. The van der Waals surface area contributed by atoms with Crippen LogP contribution in [-0.2, 0) is 32.9 Å². The number of amides is 2. The predicted octanol–water partition coefficient (Wildman–Crippen LogP) is 6.41. The lowest BCUT2D eigenvalue weighted by Crippen LogP contribution is -2.51. The topological polar surface area (TPSA) is 147 Å². The number of H-pyrrole nitrogens is 1. The van der Waals surface area contributed by atoms with Crippen molar-refractivity contribution < 1.29 is 29.1 Å². The highest BCUT2D eigenvalue weighted by molar-refractivity contribution is 6.91. The second kappa shape index (κ2) is 13.7. The highest BCUT2D eigenvalue weighted by atomic mass is 28.3. The van der Waals surface area contributed by atoms with E-state index in [1.54, 1.807) is 24.1 Å². The zero-order valence-electron chi connectivity index (χ0n) is 29.6. The minimum absolute atomic E-state index is 0.111. The summed E-state index contributed by atoms with van der Waals surface area (Å²) in [7, 11) is -0.799. The highest BCUT2D eigenvalue weighted by Gasteiger charge is 2.66. The first-order valence-corrected chi connectivity index (χ1v) is 20.5. The predicted molar refractivity (Wildman–Crippen MR) is 203 cm³/mol. The zero-order chi connectivity index (χ0) is 36.8. The number of hydrogen-bond donors (Lipinski definition) is 3. The van der Waals surface area contributed by atoms with Gasteiger partial charge in [0.05, 0.1) is 44.9 Å². The van der Waals surface area contributed by atoms with Crippen molar-refractivity contribution in [2.24, 2.45) is 5.92 Å². The molecule has 3 heterocycles. The van der Waals surface area contributed by atoms with E-state index in [1.165, 1.54) is 12.1 Å². The van der Waals surface area contributed by atoms with Crippen molar-refractivity contribution in [3.8, 4) is 5.75 Å². The van der Waals surface area contributed by atoms with Crippen LogP contribution in [0.25, 0.3) is 10.9 Å². The van der Waals surface area contributed by atoms with Gasteiger partial charge in [-0.2, -0.15) is 0 Å². The van der Waals surface area contributed by atoms with Crippen LogP contribution in [0.1, 0.15) is 30.0 Å². The molecule has 268 valence electrons. The fourth-order valence-corrected chi connectivity index (χ4v) is 12.6. The number of aromatic nitrogens is 1. The number of hydrogen-bond acceptors (Lipinski definition) is 7. The molecule has 52 heavy (non-hydrogen) atoms. The molecule has 0 saturated carbocycles. The lowest BCUT2D eigenvalue weighted by Gasteiger charge is -2.37. The van der Waals surface area contributed by atoms with Crippen LogP contribution in [-0.4, -0.2) is 54.7 Å². The number of nitro benzene ring substituents is 1. The van der Waals surface area contributed by atoms with Crippen molar-refractivity contribution in [1.82, 2.24) is 4.98 Å². The summed E-state index contributed by atoms with van der Waals surface area (Å²) in [6.45, 7) is 6.52. The number of aliphatic hydroxyl groups excluding tert-OH is 1. The zero-order valence-corrected chi connectivity index (χ0v) is 30.6. The number of para-hydroxylation sites is 1. The molecule has 2 aliphatic rings. The largest absolute Gasteiger partial charge is 0.497 e. The fraction of sp³-hybridized carbons (Fsp3) is 0.300. The summed E-state index contributed by atoms with van der Waals surface area (Å²) in [5, 5.41) is 27.4. The SMILES string of the molecule is COc1ccc([Si](C)(C)[C@@H]2[C@@H](CCO)O[C@]3(C(=O)N(Cc4cccc(NC(=O)Cc5c[nH]c6ccccc56)c4)c4ccc([N+](=O)[O-])cc43)[C@H]2C)cc1. The Bertz CT molecular complexity index is 2170. The third kappa shape index (κ3) is 5.96. The number of aromatic amines is 1. The number of anilines is 2. The Balaban J connectivity index is 1.20. The maximum absolute atomic E-state index is 15.0. The average Bonchev–Trinajstić information content (AvgIpc) is 3.75. The standard InChI is InChI=1S/C40H42N4O7Si/c1-25-38(52(3,4)31-15-13-30(50-2)14-16-31)36(18-19-45)51-40(25)33-22-29(44(48)49)12-17-35(33)43(39(40)47)24-26-8-7-9-28(20-26)42-37(46)21-27-23-41-34-11-6-5-10-32(27)34/h5-17,20,22-23,25,36,38,41,45H,18-19,21,24H2,1-4H3,(H,42,46)/t25-,36+,38-,40+/m0/s1. The Kier molecular flexibility index (Phi) is 9.24. The number of nitrogens with one attached hydrogen (secondary N) is 2. The van der Waals surface area contributed by atoms with Crippen molar-refractivity contribution in [3.63, 3.8) is 0 Å². The number of fused-ring (bicyclic) bond motifs is 3. The van der Waals surface area contributed by atoms with E-state index in [1.807, 2.05) is 67.7 Å². The van der Waals surface area contributed by atoms with Crippen LogP contribution in [0.5, 0.6) is 5.75 Å². The van der Waals surface area contributed by atoms with Crippen LogP contribution in [0, 0.1) is 16.0 Å². The number of rotatable bonds is 11. The first-order chi connectivity index (χ1) is 25.0. The van der Waals surface area contributed by atoms with Gasteiger partial charge in [-0.1, -0.05) is 67.7 Å². The molecule has 0 bridgehead atoms. The first-order valence-electron chi connectivity index (χ1n) is 17.5. The van der Waals surface area contributed by atoms with Crippen LogP contribution >= 0.6 is 0 Å².